The van der Waals surface area contributed by atoms with Crippen LogP contribution in [0.1, 0.15) is 43.7 Å². The molecule has 3 aromatic carbocycles. The molecule has 1 aliphatic carbocycles. The first-order chi connectivity index (χ1) is 18.3. The Balaban J connectivity index is 1.73. The molecule has 0 bridgehead atoms. The Kier molecular flexibility index (Phi) is 8.85. The minimum absolute atomic E-state index is 0.0639. The molecule has 2 N–H and O–H groups in total. The molecular formula is C28H29F2N3O4S. The first kappa shape index (κ1) is 27.4. The first-order valence-corrected chi connectivity index (χ1v) is 13.9. The summed E-state index contributed by atoms with van der Waals surface area (Å²) < 4.78 is 57.9. The minimum Gasteiger partial charge on any atom is -0.351 e. The number of hydrogen-bond acceptors (Lipinski definition) is 4. The van der Waals surface area contributed by atoms with Gasteiger partial charge >= 0.3 is 0 Å². The SMILES string of the molecule is O=C(NC1CCCCC1)[C@@H](c1ccccc1F)N(C(=O)CNS(=O)(=O)c1ccccc1)c1ccccc1F. The minimum atomic E-state index is -4.09. The number of rotatable bonds is 9. The smallest absolute Gasteiger partial charge is 0.248 e. The molecule has 200 valence electrons. The average Bonchev–Trinajstić information content (AvgIpc) is 2.92. The Morgan fingerprint density at radius 3 is 2.11 bits per heavy atom. The van der Waals surface area contributed by atoms with Crippen LogP contribution in [0.2, 0.25) is 0 Å². The summed E-state index contributed by atoms with van der Waals surface area (Å²) in [6.07, 6.45) is 4.37. The van der Waals surface area contributed by atoms with Crippen LogP contribution in [0.25, 0.3) is 0 Å². The molecule has 0 saturated heterocycles. The molecule has 4 rings (SSSR count). The average molecular weight is 542 g/mol. The molecule has 7 nitrogen and oxygen atoms in total. The molecule has 10 heteroatoms. The molecule has 0 aliphatic heterocycles. The summed E-state index contributed by atoms with van der Waals surface area (Å²) in [4.78, 5) is 28.1. The van der Waals surface area contributed by atoms with Crippen LogP contribution < -0.4 is 14.9 Å². The van der Waals surface area contributed by atoms with Crippen molar-refractivity contribution in [2.24, 2.45) is 0 Å². The van der Waals surface area contributed by atoms with E-state index in [2.05, 4.69) is 10.0 Å². The van der Waals surface area contributed by atoms with Gasteiger partial charge in [0.25, 0.3) is 0 Å². The van der Waals surface area contributed by atoms with Crippen molar-refractivity contribution in [2.45, 2.75) is 49.1 Å². The van der Waals surface area contributed by atoms with Gasteiger partial charge in [-0.3, -0.25) is 14.5 Å². The van der Waals surface area contributed by atoms with Crippen LogP contribution in [-0.4, -0.2) is 32.8 Å². The molecule has 1 saturated carbocycles. The van der Waals surface area contributed by atoms with Gasteiger partial charge in [0.2, 0.25) is 21.8 Å². The van der Waals surface area contributed by atoms with Gasteiger partial charge in [-0.15, -0.1) is 0 Å². The maximum absolute atomic E-state index is 15.1. The van der Waals surface area contributed by atoms with Crippen molar-refractivity contribution in [2.75, 3.05) is 11.4 Å². The summed E-state index contributed by atoms with van der Waals surface area (Å²) in [5.74, 6) is -3.18. The van der Waals surface area contributed by atoms with Gasteiger partial charge in [-0.1, -0.05) is 67.8 Å². The maximum atomic E-state index is 15.1. The van der Waals surface area contributed by atoms with Gasteiger partial charge in [0.05, 0.1) is 17.1 Å². The molecule has 0 aromatic heterocycles. The van der Waals surface area contributed by atoms with E-state index in [0.717, 1.165) is 49.1 Å². The zero-order chi connectivity index (χ0) is 27.1. The topological polar surface area (TPSA) is 95.6 Å². The van der Waals surface area contributed by atoms with Crippen LogP contribution in [0.15, 0.2) is 83.8 Å². The molecule has 1 atom stereocenters. The second kappa shape index (κ2) is 12.3. The highest BCUT2D eigenvalue weighted by Crippen LogP contribution is 2.32. The van der Waals surface area contributed by atoms with E-state index in [9.17, 15) is 18.0 Å². The molecular weight excluding hydrogens is 512 g/mol. The largest absolute Gasteiger partial charge is 0.351 e. The summed E-state index contributed by atoms with van der Waals surface area (Å²) in [7, 11) is -4.09. The molecule has 0 spiro atoms. The van der Waals surface area contributed by atoms with Crippen LogP contribution in [0, 0.1) is 11.6 Å². The monoisotopic (exact) mass is 541 g/mol. The number of amides is 2. The number of carbonyl (C=O) groups is 2. The van der Waals surface area contributed by atoms with E-state index in [1.807, 2.05) is 0 Å². The predicted octanol–water partition coefficient (Wildman–Crippen LogP) is 4.47. The van der Waals surface area contributed by atoms with Crippen LogP contribution in [0.3, 0.4) is 0 Å². The van der Waals surface area contributed by atoms with Crippen LogP contribution in [-0.2, 0) is 19.6 Å². The molecule has 1 aliphatic rings. The molecule has 0 radical (unpaired) electrons. The molecule has 2 amide bonds. The van der Waals surface area contributed by atoms with E-state index in [0.29, 0.717) is 0 Å². The van der Waals surface area contributed by atoms with Crippen molar-refractivity contribution in [1.82, 2.24) is 10.0 Å². The maximum Gasteiger partial charge on any atom is 0.248 e. The summed E-state index contributed by atoms with van der Waals surface area (Å²) in [5.41, 5.74) is -0.410. The summed E-state index contributed by atoms with van der Waals surface area (Å²) >= 11 is 0. The lowest BCUT2D eigenvalue weighted by atomic mass is 9.94. The predicted molar refractivity (Wildman–Crippen MR) is 140 cm³/mol. The number of carbonyl (C=O) groups excluding carboxylic acids is 2. The number of nitrogens with one attached hydrogen (secondary N) is 2. The van der Waals surface area contributed by atoms with Gasteiger partial charge in [-0.25, -0.2) is 21.9 Å². The van der Waals surface area contributed by atoms with Crippen LogP contribution in [0.5, 0.6) is 0 Å². The van der Waals surface area contributed by atoms with Crippen molar-refractivity contribution >= 4 is 27.5 Å². The molecule has 0 unspecified atom stereocenters. The number of nitrogens with zero attached hydrogens (tertiary/aromatic N) is 1. The zero-order valence-electron chi connectivity index (χ0n) is 20.6. The lowest BCUT2D eigenvalue weighted by Gasteiger charge is -2.33. The van der Waals surface area contributed by atoms with Crippen molar-refractivity contribution in [3.8, 4) is 0 Å². The van der Waals surface area contributed by atoms with Crippen LogP contribution >= 0.6 is 0 Å². The number of anilines is 1. The Labute approximate surface area is 220 Å². The highest BCUT2D eigenvalue weighted by atomic mass is 32.2. The number of para-hydroxylation sites is 1. The van der Waals surface area contributed by atoms with Crippen molar-refractivity contribution in [3.63, 3.8) is 0 Å². The molecule has 38 heavy (non-hydrogen) atoms. The molecule has 0 heterocycles. The van der Waals surface area contributed by atoms with E-state index < -0.39 is 46.1 Å². The lowest BCUT2D eigenvalue weighted by Crippen LogP contribution is -2.50. The van der Waals surface area contributed by atoms with Crippen molar-refractivity contribution in [1.29, 1.82) is 0 Å². The number of hydrogen-bond donors (Lipinski definition) is 2. The lowest BCUT2D eigenvalue weighted by molar-refractivity contribution is -0.127. The third-order valence-electron chi connectivity index (χ3n) is 6.51. The van der Waals surface area contributed by atoms with Gasteiger partial charge in [0.15, 0.2) is 0 Å². The number of sulfonamides is 1. The summed E-state index contributed by atoms with van der Waals surface area (Å²) in [5, 5.41) is 2.91. The fourth-order valence-corrected chi connectivity index (χ4v) is 5.61. The normalized spacial score (nSPS) is 15.0. The highest BCUT2D eigenvalue weighted by molar-refractivity contribution is 7.89. The quantitative estimate of drug-likeness (QED) is 0.418. The fourth-order valence-electron chi connectivity index (χ4n) is 4.61. The van der Waals surface area contributed by atoms with E-state index in [-0.39, 0.29) is 22.2 Å². The number of halogens is 2. The van der Waals surface area contributed by atoms with Crippen molar-refractivity contribution in [3.05, 3.63) is 96.1 Å². The Bertz CT molecular complexity index is 1380. The Morgan fingerprint density at radius 2 is 1.45 bits per heavy atom. The summed E-state index contributed by atoms with van der Waals surface area (Å²) in [6, 6.07) is 16.5. The van der Waals surface area contributed by atoms with Crippen molar-refractivity contribution < 1.29 is 26.8 Å². The van der Waals surface area contributed by atoms with E-state index in [1.54, 1.807) is 6.07 Å². The van der Waals surface area contributed by atoms with Gasteiger partial charge in [-0.2, -0.15) is 0 Å². The standard InChI is InChI=1S/C28H29F2N3O4S/c29-23-16-8-7-15-22(23)27(28(35)32-20-11-3-1-4-12-20)33(25-18-10-9-17-24(25)30)26(34)19-31-38(36,37)21-13-5-2-6-14-21/h2,5-10,13-18,20,27,31H,1,3-4,11-12,19H2,(H,32,35)/t27-/m1/s1. The first-order valence-electron chi connectivity index (χ1n) is 12.4. The van der Waals surface area contributed by atoms with Gasteiger partial charge in [-0.05, 0) is 43.2 Å². The van der Waals surface area contributed by atoms with E-state index >= 15 is 8.78 Å². The van der Waals surface area contributed by atoms with Gasteiger partial charge < -0.3 is 5.32 Å². The second-order valence-corrected chi connectivity index (χ2v) is 10.9. The Morgan fingerprint density at radius 1 is 0.842 bits per heavy atom. The number of benzene rings is 3. The van der Waals surface area contributed by atoms with E-state index in [1.165, 1.54) is 60.7 Å². The van der Waals surface area contributed by atoms with Gasteiger partial charge in [0, 0.05) is 11.6 Å². The second-order valence-electron chi connectivity index (χ2n) is 9.12. The van der Waals surface area contributed by atoms with E-state index in [4.69, 9.17) is 0 Å². The fraction of sp³-hybridized carbons (Fsp3) is 0.286. The zero-order valence-corrected chi connectivity index (χ0v) is 21.5. The molecule has 1 fully saturated rings. The molecule has 3 aromatic rings. The Hall–Kier alpha value is -3.63. The third kappa shape index (κ3) is 6.43. The summed E-state index contributed by atoms with van der Waals surface area (Å²) in [6.45, 7) is -0.785. The van der Waals surface area contributed by atoms with Gasteiger partial charge in [0.1, 0.15) is 17.7 Å². The third-order valence-corrected chi connectivity index (χ3v) is 7.92. The van der Waals surface area contributed by atoms with Crippen LogP contribution in [0.4, 0.5) is 14.5 Å². The highest BCUT2D eigenvalue weighted by Gasteiger charge is 2.37.